The van der Waals surface area contributed by atoms with Crippen molar-refractivity contribution >= 4 is 11.6 Å². The predicted molar refractivity (Wildman–Crippen MR) is 83.6 cm³/mol. The van der Waals surface area contributed by atoms with E-state index in [-0.39, 0.29) is 10.8 Å². The normalized spacial score (nSPS) is 24.6. The summed E-state index contributed by atoms with van der Waals surface area (Å²) in [6, 6.07) is 5.46. The first-order chi connectivity index (χ1) is 9.65. The van der Waals surface area contributed by atoms with Crippen LogP contribution >= 0.6 is 11.6 Å². The third kappa shape index (κ3) is 3.73. The molecular formula is C17H25ClFN. The van der Waals surface area contributed by atoms with Crippen LogP contribution in [0.3, 0.4) is 0 Å². The highest BCUT2D eigenvalue weighted by Crippen LogP contribution is 2.39. The fourth-order valence-electron chi connectivity index (χ4n) is 3.49. The van der Waals surface area contributed by atoms with E-state index in [9.17, 15) is 4.39 Å². The first-order valence-electron chi connectivity index (χ1n) is 7.84. The van der Waals surface area contributed by atoms with E-state index in [0.717, 1.165) is 18.0 Å². The quantitative estimate of drug-likeness (QED) is 0.773. The molecular weight excluding hydrogens is 273 g/mol. The van der Waals surface area contributed by atoms with Crippen LogP contribution < -0.4 is 5.32 Å². The van der Waals surface area contributed by atoms with Crippen molar-refractivity contribution in [2.45, 2.75) is 52.0 Å². The van der Waals surface area contributed by atoms with E-state index in [1.165, 1.54) is 38.2 Å². The third-order valence-electron chi connectivity index (χ3n) is 4.60. The second-order valence-corrected chi connectivity index (χ2v) is 6.32. The predicted octanol–water partition coefficient (Wildman–Crippen LogP) is 5.35. The number of benzene rings is 1. The molecule has 0 amide bonds. The molecule has 1 N–H and O–H groups in total. The number of rotatable bonds is 5. The Morgan fingerprint density at radius 2 is 2.15 bits per heavy atom. The van der Waals surface area contributed by atoms with Gasteiger partial charge in [-0.1, -0.05) is 50.8 Å². The molecule has 1 nitrogen and oxygen atoms in total. The molecule has 0 aromatic heterocycles. The average molecular weight is 298 g/mol. The highest BCUT2D eigenvalue weighted by atomic mass is 35.5. The number of halogens is 2. The van der Waals surface area contributed by atoms with Crippen LogP contribution in [0.2, 0.25) is 5.02 Å². The van der Waals surface area contributed by atoms with Crippen LogP contribution in [0.25, 0.3) is 0 Å². The summed E-state index contributed by atoms with van der Waals surface area (Å²) in [7, 11) is 0. The Morgan fingerprint density at radius 1 is 1.35 bits per heavy atom. The minimum Gasteiger partial charge on any atom is -0.310 e. The fourth-order valence-corrected chi connectivity index (χ4v) is 3.68. The van der Waals surface area contributed by atoms with Gasteiger partial charge in [-0.15, -0.1) is 0 Å². The van der Waals surface area contributed by atoms with Crippen molar-refractivity contribution < 1.29 is 4.39 Å². The van der Waals surface area contributed by atoms with Crippen LogP contribution in [-0.4, -0.2) is 6.54 Å². The SMILES string of the molecule is CCNC(c1ccc(F)c(Cl)c1)C1CCCC(CC)C1. The lowest BCUT2D eigenvalue weighted by Crippen LogP contribution is -2.31. The zero-order chi connectivity index (χ0) is 14.5. The van der Waals surface area contributed by atoms with Gasteiger partial charge in [-0.25, -0.2) is 4.39 Å². The van der Waals surface area contributed by atoms with Crippen LogP contribution in [0, 0.1) is 17.7 Å². The topological polar surface area (TPSA) is 12.0 Å². The molecule has 1 fully saturated rings. The summed E-state index contributed by atoms with van der Waals surface area (Å²) in [6.07, 6.45) is 6.45. The lowest BCUT2D eigenvalue weighted by Gasteiger charge is -2.35. The molecule has 0 aliphatic heterocycles. The molecule has 3 heteroatoms. The van der Waals surface area contributed by atoms with Crippen LogP contribution in [0.1, 0.15) is 57.6 Å². The van der Waals surface area contributed by atoms with Crippen molar-refractivity contribution in [1.29, 1.82) is 0 Å². The smallest absolute Gasteiger partial charge is 0.141 e. The zero-order valence-corrected chi connectivity index (χ0v) is 13.2. The summed E-state index contributed by atoms with van der Waals surface area (Å²) < 4.78 is 13.4. The Kier molecular flexibility index (Phi) is 5.86. The van der Waals surface area contributed by atoms with Gasteiger partial charge in [-0.2, -0.15) is 0 Å². The van der Waals surface area contributed by atoms with Gasteiger partial charge < -0.3 is 5.32 Å². The largest absolute Gasteiger partial charge is 0.310 e. The lowest BCUT2D eigenvalue weighted by molar-refractivity contribution is 0.210. The molecule has 0 radical (unpaired) electrons. The van der Waals surface area contributed by atoms with Crippen molar-refractivity contribution in [3.05, 3.63) is 34.6 Å². The molecule has 1 saturated carbocycles. The molecule has 0 bridgehead atoms. The molecule has 112 valence electrons. The fraction of sp³-hybridized carbons (Fsp3) is 0.647. The van der Waals surface area contributed by atoms with Gasteiger partial charge >= 0.3 is 0 Å². The van der Waals surface area contributed by atoms with Gasteiger partial charge in [0.15, 0.2) is 0 Å². The van der Waals surface area contributed by atoms with E-state index < -0.39 is 0 Å². The molecule has 1 aliphatic carbocycles. The Balaban J connectivity index is 2.18. The minimum absolute atomic E-state index is 0.230. The second-order valence-electron chi connectivity index (χ2n) is 5.91. The Hall–Kier alpha value is -0.600. The molecule has 3 unspecified atom stereocenters. The monoisotopic (exact) mass is 297 g/mol. The number of nitrogens with one attached hydrogen (secondary N) is 1. The van der Waals surface area contributed by atoms with Gasteiger partial charge in [-0.05, 0) is 48.9 Å². The Morgan fingerprint density at radius 3 is 2.80 bits per heavy atom. The summed E-state index contributed by atoms with van der Waals surface area (Å²) in [4.78, 5) is 0. The van der Waals surface area contributed by atoms with E-state index in [2.05, 4.69) is 19.2 Å². The van der Waals surface area contributed by atoms with Crippen molar-refractivity contribution in [3.63, 3.8) is 0 Å². The Labute approximate surface area is 126 Å². The van der Waals surface area contributed by atoms with Crippen molar-refractivity contribution in [2.24, 2.45) is 11.8 Å². The maximum atomic E-state index is 13.4. The maximum absolute atomic E-state index is 13.4. The third-order valence-corrected chi connectivity index (χ3v) is 4.89. The average Bonchev–Trinajstić information content (AvgIpc) is 2.48. The zero-order valence-electron chi connectivity index (χ0n) is 12.5. The van der Waals surface area contributed by atoms with Gasteiger partial charge in [-0.3, -0.25) is 0 Å². The number of hydrogen-bond donors (Lipinski definition) is 1. The summed E-state index contributed by atoms with van der Waals surface area (Å²) in [5.74, 6) is 1.14. The van der Waals surface area contributed by atoms with Crippen molar-refractivity contribution in [1.82, 2.24) is 5.32 Å². The lowest BCUT2D eigenvalue weighted by atomic mass is 9.75. The summed E-state index contributed by atoms with van der Waals surface area (Å²) in [6.45, 7) is 5.33. The van der Waals surface area contributed by atoms with E-state index >= 15 is 0 Å². The van der Waals surface area contributed by atoms with Crippen LogP contribution in [0.4, 0.5) is 4.39 Å². The standard InChI is InChI=1S/C17H25ClFN/c1-3-12-6-5-7-13(10-12)17(20-4-2)14-8-9-16(19)15(18)11-14/h8-9,11-13,17,20H,3-7,10H2,1-2H3. The van der Waals surface area contributed by atoms with Crippen LogP contribution in [0.15, 0.2) is 18.2 Å². The Bertz CT molecular complexity index is 435. The summed E-state index contributed by atoms with van der Waals surface area (Å²) >= 11 is 5.95. The van der Waals surface area contributed by atoms with Gasteiger partial charge in [0.05, 0.1) is 5.02 Å². The number of hydrogen-bond acceptors (Lipinski definition) is 1. The highest BCUT2D eigenvalue weighted by molar-refractivity contribution is 6.30. The summed E-state index contributed by atoms with van der Waals surface area (Å²) in [5, 5.41) is 3.81. The van der Waals surface area contributed by atoms with Crippen molar-refractivity contribution in [3.8, 4) is 0 Å². The van der Waals surface area contributed by atoms with Gasteiger partial charge in [0.25, 0.3) is 0 Å². The van der Waals surface area contributed by atoms with Gasteiger partial charge in [0, 0.05) is 6.04 Å². The van der Waals surface area contributed by atoms with E-state index in [1.807, 2.05) is 6.07 Å². The molecule has 3 atom stereocenters. The maximum Gasteiger partial charge on any atom is 0.141 e. The van der Waals surface area contributed by atoms with E-state index in [4.69, 9.17) is 11.6 Å². The first kappa shape index (κ1) is 15.8. The van der Waals surface area contributed by atoms with Gasteiger partial charge in [0.2, 0.25) is 0 Å². The van der Waals surface area contributed by atoms with Crippen LogP contribution in [0.5, 0.6) is 0 Å². The van der Waals surface area contributed by atoms with Crippen LogP contribution in [-0.2, 0) is 0 Å². The molecule has 1 aliphatic rings. The highest BCUT2D eigenvalue weighted by Gasteiger charge is 2.28. The molecule has 2 rings (SSSR count). The molecule has 20 heavy (non-hydrogen) atoms. The first-order valence-corrected chi connectivity index (χ1v) is 8.21. The molecule has 0 saturated heterocycles. The second kappa shape index (κ2) is 7.42. The molecule has 0 spiro atoms. The molecule has 0 heterocycles. The summed E-state index contributed by atoms with van der Waals surface area (Å²) in [5.41, 5.74) is 1.13. The van der Waals surface area contributed by atoms with Gasteiger partial charge in [0.1, 0.15) is 5.82 Å². The molecule has 1 aromatic rings. The van der Waals surface area contributed by atoms with Crippen molar-refractivity contribution in [2.75, 3.05) is 6.54 Å². The molecule has 1 aromatic carbocycles. The minimum atomic E-state index is -0.333. The van der Waals surface area contributed by atoms with E-state index in [0.29, 0.717) is 12.0 Å². The van der Waals surface area contributed by atoms with E-state index in [1.54, 1.807) is 6.07 Å².